The predicted molar refractivity (Wildman–Crippen MR) is 484 cm³/mol. The molecule has 11 aromatic heterocycles. The number of carbonyl (C=O) groups is 1. The Morgan fingerprint density at radius 2 is 0.735 bits per heavy atom. The van der Waals surface area contributed by atoms with Gasteiger partial charge < -0.3 is 184 Å². The molecule has 30 N–H and O–H groups in total. The van der Waals surface area contributed by atoms with Crippen molar-refractivity contribution in [2.24, 2.45) is 7.05 Å². The van der Waals surface area contributed by atoms with E-state index in [4.69, 9.17) is 115 Å². The monoisotopic (exact) mass is 2230 g/mol. The van der Waals surface area contributed by atoms with E-state index >= 15 is 0 Å². The summed E-state index contributed by atoms with van der Waals surface area (Å²) in [6.07, 6.45) is -22.9. The van der Waals surface area contributed by atoms with E-state index in [9.17, 15) is 108 Å². The summed E-state index contributed by atoms with van der Waals surface area (Å²) in [5.41, 5.74) is 12.7. The van der Waals surface area contributed by atoms with Crippen molar-refractivity contribution in [2.45, 2.75) is 189 Å². The number of aryl methyl sites for hydroxylation is 4. The molecule has 0 aromatic carbocycles. The van der Waals surface area contributed by atoms with E-state index in [1.807, 2.05) is 0 Å². The number of nitrogens with two attached hydrogens (primary N) is 2. The number of H-pyrrole nitrogens is 2. The molecule has 6 saturated heterocycles. The van der Waals surface area contributed by atoms with Crippen LogP contribution in [0.1, 0.15) is 67.4 Å². The van der Waals surface area contributed by atoms with Gasteiger partial charge in [-0.2, -0.15) is 9.97 Å². The smallest absolute Gasteiger partial charge is 0.469 e. The van der Waals surface area contributed by atoms with Crippen molar-refractivity contribution in [3.63, 3.8) is 0 Å². The second-order valence-corrected chi connectivity index (χ2v) is 40.3. The first-order chi connectivity index (χ1) is 68.0. The van der Waals surface area contributed by atoms with Gasteiger partial charge in [0.2, 0.25) is 17.7 Å². The molecule has 1 amide bonds. The maximum atomic E-state index is 12.3. The van der Waals surface area contributed by atoms with E-state index < -0.39 is 251 Å². The third-order valence-electron chi connectivity index (χ3n) is 22.4. The fourth-order valence-electron chi connectivity index (χ4n) is 15.5. The number of amides is 1. The molecule has 76 heteroatoms. The lowest BCUT2D eigenvalue weighted by molar-refractivity contribution is -0.121. The normalized spacial score (nSPS) is 27.8. The van der Waals surface area contributed by atoms with Gasteiger partial charge in [0.25, 0.3) is 16.7 Å². The molecule has 0 saturated carbocycles. The standard InChI is InChI=1S/C12H17N4O8P.C12H16N3O9P.C12H16N3O8P.C12H16N3O7P.C11H14ClN4O7P.C11H16N5O8P.CH4/c1-5-14-10-7(11(15-5)22-2)13-4-16(10)12-9(18)8(17)6(24-12)3-23-25(19,20)21;1-4-13-10-5(11(19)14-4)2-7(16)15(10)12-9(18)8(17)6(24-12)3-23-25(20,21)22;1-5-13-10-6(11(18)14-5)2-3-15(10)12-9(17)8(16)7(23-12)4-22-24(19,20)21;13-7-1-3-14-11-6(7)2-4-15(11)12-10(17)9(16)8(22-12)5-21-23(18,19)20;1-4-14-9(12)6-10(15-4)16(3-13-6)11-8(18)7(17)5(23-11)2-22-24(19,20)21;1-15-9(19)5-8(14-11(15)12)16(3-13-5)10-7(18)6(17)4(24-10)2-23-25(20,21)22;/h4,6,8-9,12,17-18H,3H2,1-2H3,(H2,19,20,21);6,8-9,12,17-18H,2-3H2,1H3,(H,13,14,19)(H2,20,21,22);2-3,7-9,12,16-17H,4H2,1H3,(H,13,14,18)(H2,19,20,21);1-4,8-10,12,16-17H,5H2,(H2,13,14)(H2,18,19,20);3,5,7-8,11,17-18H,2H2,1H3,(H2,19,20,21);3-4,6-7,10,17-18H,2H2,1H3,(H2,12,14)(H2,20,21,22);1H4/t2*6-,8-,9-,12?;7-,8-,9-,12?;8-,9-,10-,12?;5-,7-,8-,11?;4-,6-,7-,10?;/m111111./s1. The SMILES string of the molecule is C.COc1nc(C)nc2c1ncn2C1O[C@H](COP(=O)(O)O)[C@@H](O)[C@H]1O.Cc1nc(Cl)c2ncn(C3O[C@H](COP(=O)(O)O)[C@@H](O)[C@H]3O)c2n1.Cc1nc2c(c(=O)[nH]1)CC(=O)N2C1O[C@H](COP(=O)(O)O)[C@@H](O)[C@H]1O.Cc1nc2c(ccn2C2O[C@H](COP(=O)(O)O)[C@@H](O)[C@H]2O)c(=O)[nH]1.Cn1c(N)nc2c(ncn2C2O[C@H](COP(=O)(O)O)[C@@H](O)[C@H]2O)c1=O.Nc1ccnc2c1ccn2C1O[C@H](COP(=O)(O)O)[C@@H](O)[C@H]1O. The third kappa shape index (κ3) is 26.8. The van der Waals surface area contributed by atoms with Crippen molar-refractivity contribution in [1.29, 1.82) is 0 Å². The lowest BCUT2D eigenvalue weighted by Gasteiger charge is -2.26. The molecule has 18 heterocycles. The van der Waals surface area contributed by atoms with E-state index in [1.165, 1.54) is 81.4 Å². The third-order valence-corrected chi connectivity index (χ3v) is 25.6. The molecular formula is C71H99ClN22O47P6. The highest BCUT2D eigenvalue weighted by atomic mass is 35.5. The first kappa shape index (κ1) is 116. The average molecular weight is 2230 g/mol. The summed E-state index contributed by atoms with van der Waals surface area (Å²) in [4.78, 5) is 204. The highest BCUT2D eigenvalue weighted by Crippen LogP contribution is 2.47. The van der Waals surface area contributed by atoms with Crippen molar-refractivity contribution in [3.05, 3.63) is 121 Å². The Kier molecular flexibility index (Phi) is 36.4. The molecule has 0 radical (unpaired) electrons. The van der Waals surface area contributed by atoms with Gasteiger partial charge in [-0.05, 0) is 45.9 Å². The number of anilines is 3. The van der Waals surface area contributed by atoms with Crippen LogP contribution in [-0.4, -0.2) is 381 Å². The van der Waals surface area contributed by atoms with Gasteiger partial charge in [0, 0.05) is 36.7 Å². The van der Waals surface area contributed by atoms with Crippen LogP contribution in [0.3, 0.4) is 0 Å². The number of phosphoric ester groups is 6. The molecule has 147 heavy (non-hydrogen) atoms. The minimum Gasteiger partial charge on any atom is -0.479 e. The van der Waals surface area contributed by atoms with E-state index in [1.54, 1.807) is 39.1 Å². The summed E-state index contributed by atoms with van der Waals surface area (Å²) in [6.45, 7) is 2.67. The number of aliphatic hydroxyl groups is 12. The van der Waals surface area contributed by atoms with Gasteiger partial charge in [0.1, 0.15) is 156 Å². The van der Waals surface area contributed by atoms with Crippen LogP contribution in [0.15, 0.2) is 70.2 Å². The molecule has 7 aliphatic heterocycles. The largest absolute Gasteiger partial charge is 0.479 e. The quantitative estimate of drug-likeness (QED) is 0.0187. The summed E-state index contributed by atoms with van der Waals surface area (Å²) in [6, 6.07) is 4.81. The number of pyridine rings is 1. The number of methoxy groups -OCH3 is 1. The number of halogens is 1. The Labute approximate surface area is 824 Å². The fourth-order valence-corrected chi connectivity index (χ4v) is 17.8. The number of aromatic nitrogens is 19. The summed E-state index contributed by atoms with van der Waals surface area (Å²) in [5, 5.41) is 122. The number of nitrogens with zero attached hydrogens (tertiary/aromatic N) is 18. The van der Waals surface area contributed by atoms with Crippen LogP contribution in [0.5, 0.6) is 5.88 Å². The number of phosphoric acid groups is 6. The minimum atomic E-state index is -4.80. The number of fused-ring (bicyclic) bond motifs is 6. The van der Waals surface area contributed by atoms with Crippen LogP contribution in [0.2, 0.25) is 5.15 Å². The molecule has 7 aliphatic rings. The van der Waals surface area contributed by atoms with Gasteiger partial charge in [-0.15, -0.1) is 0 Å². The Morgan fingerprint density at radius 1 is 0.401 bits per heavy atom. The van der Waals surface area contributed by atoms with Crippen molar-refractivity contribution >= 4 is 137 Å². The van der Waals surface area contributed by atoms with Gasteiger partial charge >= 0.3 is 46.9 Å². The zero-order valence-corrected chi connectivity index (χ0v) is 81.5. The lowest BCUT2D eigenvalue weighted by atomic mass is 10.1. The molecule has 69 nitrogen and oxygen atoms in total. The highest BCUT2D eigenvalue weighted by Gasteiger charge is 2.54. The zero-order chi connectivity index (χ0) is 107. The summed E-state index contributed by atoms with van der Waals surface area (Å²) in [5.74, 6) is 0.999. The number of aliphatic hydroxyl groups excluding tert-OH is 12. The van der Waals surface area contributed by atoms with Crippen molar-refractivity contribution in [3.8, 4) is 5.88 Å². The molecule has 6 fully saturated rings. The molecule has 24 atom stereocenters. The number of carbonyl (C=O) groups excluding carboxylic acids is 1. The first-order valence-electron chi connectivity index (χ1n) is 41.8. The van der Waals surface area contributed by atoms with Crippen LogP contribution in [0.4, 0.5) is 17.5 Å². The number of hydrogen-bond donors (Lipinski definition) is 28. The number of nitrogen functional groups attached to an aromatic ring is 2. The Morgan fingerprint density at radius 3 is 1.14 bits per heavy atom. The van der Waals surface area contributed by atoms with Crippen LogP contribution in [-0.2, 0) is 101 Å². The van der Waals surface area contributed by atoms with Gasteiger partial charge in [-0.1, -0.05) is 19.0 Å². The van der Waals surface area contributed by atoms with Crippen LogP contribution < -0.4 is 37.8 Å². The van der Waals surface area contributed by atoms with Crippen molar-refractivity contribution in [1.82, 2.24) is 92.2 Å². The first-order valence-corrected chi connectivity index (χ1v) is 51.4. The number of nitrogens with one attached hydrogen (secondary N) is 2. The summed E-state index contributed by atoms with van der Waals surface area (Å²) < 4.78 is 136. The van der Waals surface area contributed by atoms with E-state index in [0.29, 0.717) is 56.5 Å². The minimum absolute atomic E-state index is 0. The maximum Gasteiger partial charge on any atom is 0.469 e. The summed E-state index contributed by atoms with van der Waals surface area (Å²) >= 11 is 5.99. The van der Waals surface area contributed by atoms with Crippen molar-refractivity contribution < 1.29 is 212 Å². The molecule has 0 spiro atoms. The molecule has 6 unspecified atom stereocenters. The average Bonchev–Trinajstić information content (AvgIpc) is 1.60. The second kappa shape index (κ2) is 46.0. The highest BCUT2D eigenvalue weighted by molar-refractivity contribution is 7.47. The van der Waals surface area contributed by atoms with Gasteiger partial charge in [-0.3, -0.25) is 69.5 Å². The Hall–Kier alpha value is -9.46. The predicted octanol–water partition coefficient (Wildman–Crippen LogP) is -7.90. The topological polar surface area (TPSA) is 1030 Å². The molecule has 0 aliphatic carbocycles. The number of aromatic amines is 2. The lowest BCUT2D eigenvalue weighted by Crippen LogP contribution is -2.46. The number of hydrogen-bond acceptors (Lipinski definition) is 48. The van der Waals surface area contributed by atoms with Gasteiger partial charge in [0.05, 0.1) is 83.1 Å². The number of rotatable bonds is 25. The van der Waals surface area contributed by atoms with E-state index in [-0.39, 0.29) is 75.8 Å². The molecule has 812 valence electrons. The molecular weight excluding hydrogens is 2130 g/mol. The summed E-state index contributed by atoms with van der Waals surface area (Å²) in [7, 11) is -25.6. The number of ether oxygens (including phenoxy) is 7. The Balaban J connectivity index is 0.000000157. The van der Waals surface area contributed by atoms with Gasteiger partial charge in [0.15, 0.2) is 70.5 Å². The van der Waals surface area contributed by atoms with E-state index in [2.05, 4.69) is 91.9 Å². The van der Waals surface area contributed by atoms with Crippen LogP contribution in [0.25, 0.3) is 55.6 Å². The van der Waals surface area contributed by atoms with E-state index in [0.717, 1.165) is 9.47 Å². The Bertz CT molecular complexity index is 7090. The van der Waals surface area contributed by atoms with Crippen LogP contribution in [0, 0.1) is 27.7 Å². The molecule has 18 rings (SSSR count). The number of imidazole rings is 3. The molecule has 11 aromatic rings. The second-order valence-electron chi connectivity index (χ2n) is 32.5. The van der Waals surface area contributed by atoms with Crippen LogP contribution >= 0.6 is 58.5 Å². The van der Waals surface area contributed by atoms with Gasteiger partial charge in [-0.25, -0.2) is 72.2 Å². The zero-order valence-electron chi connectivity index (χ0n) is 75.4. The maximum absolute atomic E-state index is 12.3. The molecule has 0 bridgehead atoms. The van der Waals surface area contributed by atoms with Crippen molar-refractivity contribution in [2.75, 3.05) is 63.1 Å². The fraction of sp³-hybridized carbons (Fsp3) is 0.535.